The van der Waals surface area contributed by atoms with Crippen molar-refractivity contribution in [1.29, 1.82) is 0 Å². The van der Waals surface area contributed by atoms with Crippen molar-refractivity contribution in [2.45, 2.75) is 59.6 Å². The Labute approximate surface area is 106 Å². The summed E-state index contributed by atoms with van der Waals surface area (Å²) in [4.78, 5) is 0. The molecule has 0 fully saturated rings. The van der Waals surface area contributed by atoms with Gasteiger partial charge in [0.1, 0.15) is 0 Å². The molecule has 2 nitrogen and oxygen atoms in total. The van der Waals surface area contributed by atoms with Gasteiger partial charge < -0.3 is 4.74 Å². The van der Waals surface area contributed by atoms with Crippen molar-refractivity contribution in [3.05, 3.63) is 29.6 Å². The molecule has 0 amide bonds. The molecule has 0 bridgehead atoms. The second-order valence-corrected chi connectivity index (χ2v) is 4.78. The Bertz CT molecular complexity index is 323. The van der Waals surface area contributed by atoms with E-state index in [9.17, 15) is 0 Å². The SMILES string of the molecule is CCCCCCCOC[n+]1ccc(C)c(C)c1. The van der Waals surface area contributed by atoms with Crippen LogP contribution in [0.15, 0.2) is 18.5 Å². The van der Waals surface area contributed by atoms with Gasteiger partial charge in [-0.15, -0.1) is 0 Å². The molecule has 2 heteroatoms. The van der Waals surface area contributed by atoms with Gasteiger partial charge in [0.25, 0.3) is 6.73 Å². The number of aryl methyl sites for hydroxylation is 2. The fraction of sp³-hybridized carbons (Fsp3) is 0.667. The monoisotopic (exact) mass is 236 g/mol. The van der Waals surface area contributed by atoms with Crippen molar-refractivity contribution >= 4 is 0 Å². The summed E-state index contributed by atoms with van der Waals surface area (Å²) >= 11 is 0. The highest BCUT2D eigenvalue weighted by molar-refractivity contribution is 5.16. The third-order valence-electron chi connectivity index (χ3n) is 3.13. The Morgan fingerprint density at radius 2 is 1.82 bits per heavy atom. The molecular formula is C15H26NO+. The van der Waals surface area contributed by atoms with E-state index in [1.165, 1.54) is 43.2 Å². The van der Waals surface area contributed by atoms with E-state index in [-0.39, 0.29) is 0 Å². The average Bonchev–Trinajstić information content (AvgIpc) is 2.32. The lowest BCUT2D eigenvalue weighted by Gasteiger charge is -2.02. The second kappa shape index (κ2) is 8.24. The maximum atomic E-state index is 5.66. The maximum absolute atomic E-state index is 5.66. The largest absolute Gasteiger partial charge is 0.323 e. The summed E-state index contributed by atoms with van der Waals surface area (Å²) in [7, 11) is 0. The Hall–Kier alpha value is -0.890. The van der Waals surface area contributed by atoms with Gasteiger partial charge in [-0.2, -0.15) is 4.57 Å². The molecule has 0 atom stereocenters. The van der Waals surface area contributed by atoms with Crippen molar-refractivity contribution in [3.8, 4) is 0 Å². The van der Waals surface area contributed by atoms with Crippen molar-refractivity contribution < 1.29 is 9.30 Å². The molecule has 0 saturated carbocycles. The number of nitrogens with zero attached hydrogens (tertiary/aromatic N) is 1. The third-order valence-corrected chi connectivity index (χ3v) is 3.13. The summed E-state index contributed by atoms with van der Waals surface area (Å²) in [5, 5.41) is 0. The minimum absolute atomic E-state index is 0.675. The van der Waals surface area contributed by atoms with Gasteiger partial charge in [-0.05, 0) is 25.8 Å². The molecule has 0 unspecified atom stereocenters. The van der Waals surface area contributed by atoms with Crippen LogP contribution in [0.2, 0.25) is 0 Å². The summed E-state index contributed by atoms with van der Waals surface area (Å²) in [6.07, 6.45) is 10.7. The summed E-state index contributed by atoms with van der Waals surface area (Å²) in [5.41, 5.74) is 2.65. The first kappa shape index (κ1) is 14.2. The topological polar surface area (TPSA) is 13.1 Å². The molecule has 0 saturated heterocycles. The number of aromatic nitrogens is 1. The average molecular weight is 236 g/mol. The first-order valence-electron chi connectivity index (χ1n) is 6.78. The highest BCUT2D eigenvalue weighted by Gasteiger charge is 2.02. The van der Waals surface area contributed by atoms with E-state index in [4.69, 9.17) is 4.74 Å². The van der Waals surface area contributed by atoms with Gasteiger partial charge in [0.05, 0.1) is 6.61 Å². The van der Waals surface area contributed by atoms with Crippen LogP contribution in [0.25, 0.3) is 0 Å². The minimum Gasteiger partial charge on any atom is -0.323 e. The predicted molar refractivity (Wildman–Crippen MR) is 70.8 cm³/mol. The van der Waals surface area contributed by atoms with Crippen LogP contribution in [0.5, 0.6) is 0 Å². The van der Waals surface area contributed by atoms with Gasteiger partial charge in [-0.25, -0.2) is 0 Å². The molecule has 0 N–H and O–H groups in total. The number of hydrogen-bond donors (Lipinski definition) is 0. The number of unbranched alkanes of at least 4 members (excludes halogenated alkanes) is 4. The zero-order valence-corrected chi connectivity index (χ0v) is 11.5. The number of ether oxygens (including phenoxy) is 1. The number of pyridine rings is 1. The van der Waals surface area contributed by atoms with Gasteiger partial charge in [-0.1, -0.05) is 32.6 Å². The van der Waals surface area contributed by atoms with Crippen LogP contribution in [-0.2, 0) is 11.5 Å². The van der Waals surface area contributed by atoms with E-state index in [1.54, 1.807) is 0 Å². The van der Waals surface area contributed by atoms with Crippen molar-refractivity contribution in [2.75, 3.05) is 6.61 Å². The molecule has 1 aromatic heterocycles. The van der Waals surface area contributed by atoms with E-state index in [0.717, 1.165) is 6.61 Å². The Morgan fingerprint density at radius 1 is 1.06 bits per heavy atom. The zero-order valence-electron chi connectivity index (χ0n) is 11.5. The Balaban J connectivity index is 2.11. The highest BCUT2D eigenvalue weighted by Crippen LogP contribution is 2.03. The molecule has 0 aliphatic rings. The quantitative estimate of drug-likeness (QED) is 0.497. The summed E-state index contributed by atoms with van der Waals surface area (Å²) in [6, 6.07) is 2.14. The molecule has 0 aliphatic carbocycles. The summed E-state index contributed by atoms with van der Waals surface area (Å²) in [6.45, 7) is 8.07. The number of hydrogen-bond acceptors (Lipinski definition) is 1. The molecule has 0 radical (unpaired) electrons. The lowest BCUT2D eigenvalue weighted by Crippen LogP contribution is -2.35. The second-order valence-electron chi connectivity index (χ2n) is 4.78. The standard InChI is InChI=1S/C15H26NO/c1-4-5-6-7-8-11-17-13-16-10-9-14(2)15(3)12-16/h9-10,12H,4-8,11,13H2,1-3H3/q+1. The van der Waals surface area contributed by atoms with Crippen LogP contribution in [-0.4, -0.2) is 6.61 Å². The van der Waals surface area contributed by atoms with Crippen molar-refractivity contribution in [1.82, 2.24) is 0 Å². The van der Waals surface area contributed by atoms with Gasteiger partial charge in [-0.3, -0.25) is 0 Å². The van der Waals surface area contributed by atoms with E-state index >= 15 is 0 Å². The smallest absolute Gasteiger partial charge is 0.252 e. The van der Waals surface area contributed by atoms with Crippen LogP contribution < -0.4 is 4.57 Å². The fourth-order valence-electron chi connectivity index (χ4n) is 1.79. The van der Waals surface area contributed by atoms with Gasteiger partial charge >= 0.3 is 0 Å². The molecule has 0 aromatic carbocycles. The molecule has 17 heavy (non-hydrogen) atoms. The van der Waals surface area contributed by atoms with Crippen molar-refractivity contribution in [3.63, 3.8) is 0 Å². The maximum Gasteiger partial charge on any atom is 0.252 e. The Morgan fingerprint density at radius 3 is 2.53 bits per heavy atom. The highest BCUT2D eigenvalue weighted by atomic mass is 16.5. The molecule has 1 aromatic rings. The van der Waals surface area contributed by atoms with Gasteiger partial charge in [0.2, 0.25) is 0 Å². The molecule has 0 aliphatic heterocycles. The molecule has 1 heterocycles. The van der Waals surface area contributed by atoms with Gasteiger partial charge in [0, 0.05) is 11.6 Å². The lowest BCUT2D eigenvalue weighted by molar-refractivity contribution is -0.733. The first-order valence-corrected chi connectivity index (χ1v) is 6.78. The Kier molecular flexibility index (Phi) is 6.87. The molecule has 0 spiro atoms. The lowest BCUT2D eigenvalue weighted by atomic mass is 10.2. The van der Waals surface area contributed by atoms with Crippen LogP contribution in [0.1, 0.15) is 50.2 Å². The van der Waals surface area contributed by atoms with E-state index in [1.807, 2.05) is 0 Å². The van der Waals surface area contributed by atoms with Crippen LogP contribution in [0.3, 0.4) is 0 Å². The van der Waals surface area contributed by atoms with E-state index in [2.05, 4.69) is 43.8 Å². The molecular weight excluding hydrogens is 210 g/mol. The molecule has 1 rings (SSSR count). The summed E-state index contributed by atoms with van der Waals surface area (Å²) in [5.74, 6) is 0. The minimum atomic E-state index is 0.675. The normalized spacial score (nSPS) is 10.8. The zero-order chi connectivity index (χ0) is 12.5. The first-order chi connectivity index (χ1) is 8.24. The third kappa shape index (κ3) is 5.83. The molecule has 96 valence electrons. The van der Waals surface area contributed by atoms with Gasteiger partial charge in [0.15, 0.2) is 12.4 Å². The van der Waals surface area contributed by atoms with Crippen molar-refractivity contribution in [2.24, 2.45) is 0 Å². The van der Waals surface area contributed by atoms with Crippen LogP contribution >= 0.6 is 0 Å². The van der Waals surface area contributed by atoms with Crippen LogP contribution in [0, 0.1) is 13.8 Å². The van der Waals surface area contributed by atoms with E-state index in [0.29, 0.717) is 6.73 Å². The number of rotatable bonds is 8. The fourth-order valence-corrected chi connectivity index (χ4v) is 1.79. The van der Waals surface area contributed by atoms with Crippen LogP contribution in [0.4, 0.5) is 0 Å². The van der Waals surface area contributed by atoms with E-state index < -0.39 is 0 Å². The predicted octanol–water partition coefficient (Wildman–Crippen LogP) is 3.54. The summed E-state index contributed by atoms with van der Waals surface area (Å²) < 4.78 is 7.76.